The molecule has 2 amide bonds. The summed E-state index contributed by atoms with van der Waals surface area (Å²) in [4.78, 5) is 27.3. The largest absolute Gasteiger partial charge is 0.369 e. The first-order chi connectivity index (χ1) is 15.0. The Balaban J connectivity index is 1.15. The smallest absolute Gasteiger partial charge is 0.256 e. The van der Waals surface area contributed by atoms with Gasteiger partial charge in [0.05, 0.1) is 5.69 Å². The molecule has 4 rings (SSSR count). The van der Waals surface area contributed by atoms with Gasteiger partial charge in [-0.05, 0) is 63.5 Å². The van der Waals surface area contributed by atoms with Gasteiger partial charge in [-0.3, -0.25) is 9.59 Å². The highest BCUT2D eigenvalue weighted by Gasteiger charge is 2.27. The van der Waals surface area contributed by atoms with Crippen LogP contribution >= 0.6 is 0 Å². The maximum absolute atomic E-state index is 12.6. The van der Waals surface area contributed by atoms with E-state index in [1.54, 1.807) is 13.8 Å². The van der Waals surface area contributed by atoms with Crippen LogP contribution in [0.15, 0.2) is 28.8 Å². The summed E-state index contributed by atoms with van der Waals surface area (Å²) >= 11 is 0. The minimum absolute atomic E-state index is 0.0837. The Morgan fingerprint density at radius 1 is 1.13 bits per heavy atom. The number of nitrogens with one attached hydrogen (secondary N) is 2. The maximum atomic E-state index is 12.6. The van der Waals surface area contributed by atoms with E-state index >= 15 is 0 Å². The average Bonchev–Trinajstić information content (AvgIpc) is 3.35. The van der Waals surface area contributed by atoms with Gasteiger partial charge in [-0.15, -0.1) is 0 Å². The maximum Gasteiger partial charge on any atom is 0.256 e. The first-order valence-electron chi connectivity index (χ1n) is 11.3. The third-order valence-corrected chi connectivity index (χ3v) is 6.69. The van der Waals surface area contributed by atoms with Gasteiger partial charge in [0.1, 0.15) is 11.3 Å². The number of rotatable bonds is 7. The van der Waals surface area contributed by atoms with Crippen LogP contribution in [0, 0.1) is 25.7 Å². The molecule has 7 nitrogen and oxygen atoms in total. The number of hydrogen-bond donors (Lipinski definition) is 2. The Bertz CT molecular complexity index is 911. The first kappa shape index (κ1) is 21.4. The van der Waals surface area contributed by atoms with Crippen molar-refractivity contribution in [3.05, 3.63) is 46.8 Å². The van der Waals surface area contributed by atoms with Gasteiger partial charge in [0.15, 0.2) is 0 Å². The van der Waals surface area contributed by atoms with E-state index < -0.39 is 0 Å². The van der Waals surface area contributed by atoms with E-state index in [0.717, 1.165) is 45.2 Å². The van der Waals surface area contributed by atoms with Crippen molar-refractivity contribution in [2.45, 2.75) is 46.0 Å². The van der Waals surface area contributed by atoms with Gasteiger partial charge in [-0.1, -0.05) is 23.4 Å². The number of anilines is 1. The van der Waals surface area contributed by atoms with Crippen LogP contribution < -0.4 is 15.5 Å². The molecule has 0 unspecified atom stereocenters. The quantitative estimate of drug-likeness (QED) is 0.713. The number of carbonyl (C=O) groups is 2. The van der Waals surface area contributed by atoms with Crippen LogP contribution in [-0.2, 0) is 11.2 Å². The Kier molecular flexibility index (Phi) is 6.59. The van der Waals surface area contributed by atoms with E-state index in [2.05, 4.69) is 45.0 Å². The molecule has 7 heteroatoms. The van der Waals surface area contributed by atoms with Crippen molar-refractivity contribution in [1.82, 2.24) is 15.8 Å². The summed E-state index contributed by atoms with van der Waals surface area (Å²) in [6.45, 7) is 6.72. The number of nitrogens with zero attached hydrogens (tertiary/aromatic N) is 2. The molecule has 1 fully saturated rings. The predicted octanol–water partition coefficient (Wildman–Crippen LogP) is 3.01. The lowest BCUT2D eigenvalue weighted by Crippen LogP contribution is -2.39. The molecule has 166 valence electrons. The second-order valence-corrected chi connectivity index (χ2v) is 8.78. The number of aryl methyl sites for hydroxylation is 2. The van der Waals surface area contributed by atoms with Gasteiger partial charge in [-0.25, -0.2) is 0 Å². The Labute approximate surface area is 183 Å². The molecular weight excluding hydrogens is 392 g/mol. The molecule has 1 aliphatic carbocycles. The van der Waals surface area contributed by atoms with Crippen LogP contribution in [0.1, 0.15) is 53.1 Å². The molecule has 0 atom stereocenters. The van der Waals surface area contributed by atoms with E-state index in [0.29, 0.717) is 36.0 Å². The SMILES string of the molecule is Cc1noc(C)c1C(=O)NCC1CCC(C(=O)NCCN2CCc3ccccc32)CC1. The molecule has 2 aliphatic rings. The lowest BCUT2D eigenvalue weighted by molar-refractivity contribution is -0.126. The zero-order valence-electron chi connectivity index (χ0n) is 18.4. The fraction of sp³-hybridized carbons (Fsp3) is 0.542. The minimum Gasteiger partial charge on any atom is -0.369 e. The van der Waals surface area contributed by atoms with Crippen molar-refractivity contribution in [2.75, 3.05) is 31.1 Å². The molecule has 0 radical (unpaired) electrons. The highest BCUT2D eigenvalue weighted by molar-refractivity contribution is 5.96. The molecule has 0 bridgehead atoms. The van der Waals surface area contributed by atoms with Gasteiger partial charge in [-0.2, -0.15) is 0 Å². The monoisotopic (exact) mass is 424 g/mol. The summed E-state index contributed by atoms with van der Waals surface area (Å²) in [7, 11) is 0. The third-order valence-electron chi connectivity index (χ3n) is 6.69. The standard InChI is InChI=1S/C24H32N4O3/c1-16-22(17(2)31-27-16)24(30)26-15-18-7-9-20(10-8-18)23(29)25-12-14-28-13-11-19-5-3-4-6-21(19)28/h3-6,18,20H,7-15H2,1-2H3,(H,25,29)(H,26,30). The summed E-state index contributed by atoms with van der Waals surface area (Å²) in [5.41, 5.74) is 3.85. The molecule has 1 aliphatic heterocycles. The number of amides is 2. The van der Waals surface area contributed by atoms with Crippen molar-refractivity contribution in [3.8, 4) is 0 Å². The summed E-state index contributed by atoms with van der Waals surface area (Å²) in [5, 5.41) is 9.99. The molecule has 2 aromatic rings. The third kappa shape index (κ3) is 4.92. The molecule has 0 saturated heterocycles. The van der Waals surface area contributed by atoms with E-state index in [1.807, 2.05) is 0 Å². The van der Waals surface area contributed by atoms with E-state index in [9.17, 15) is 9.59 Å². The van der Waals surface area contributed by atoms with Crippen LogP contribution in [0.3, 0.4) is 0 Å². The normalized spacial score (nSPS) is 20.4. The highest BCUT2D eigenvalue weighted by atomic mass is 16.5. The second-order valence-electron chi connectivity index (χ2n) is 8.78. The molecular formula is C24H32N4O3. The highest BCUT2D eigenvalue weighted by Crippen LogP contribution is 2.29. The van der Waals surface area contributed by atoms with Crippen molar-refractivity contribution < 1.29 is 14.1 Å². The summed E-state index contributed by atoms with van der Waals surface area (Å²) < 4.78 is 5.07. The van der Waals surface area contributed by atoms with E-state index in [-0.39, 0.29) is 17.7 Å². The number of benzene rings is 1. The summed E-state index contributed by atoms with van der Waals surface area (Å²) in [5.74, 6) is 1.09. The summed E-state index contributed by atoms with van der Waals surface area (Å²) in [6, 6.07) is 8.51. The van der Waals surface area contributed by atoms with Gasteiger partial charge >= 0.3 is 0 Å². The van der Waals surface area contributed by atoms with Crippen LogP contribution in [0.25, 0.3) is 0 Å². The number of hydrogen-bond acceptors (Lipinski definition) is 5. The Morgan fingerprint density at radius 3 is 2.65 bits per heavy atom. The predicted molar refractivity (Wildman–Crippen MR) is 119 cm³/mol. The first-order valence-corrected chi connectivity index (χ1v) is 11.3. The van der Waals surface area contributed by atoms with Gasteiger partial charge in [0.2, 0.25) is 5.91 Å². The number of carbonyl (C=O) groups excluding carboxylic acids is 2. The number of aromatic nitrogens is 1. The molecule has 1 aromatic heterocycles. The van der Waals surface area contributed by atoms with Crippen molar-refractivity contribution in [2.24, 2.45) is 11.8 Å². The topological polar surface area (TPSA) is 87.5 Å². The van der Waals surface area contributed by atoms with E-state index in [1.165, 1.54) is 11.3 Å². The molecule has 2 N–H and O–H groups in total. The second kappa shape index (κ2) is 9.54. The molecule has 0 spiro atoms. The minimum atomic E-state index is -0.125. The Hall–Kier alpha value is -2.83. The van der Waals surface area contributed by atoms with Gasteiger partial charge < -0.3 is 20.1 Å². The number of fused-ring (bicyclic) bond motifs is 1. The zero-order valence-corrected chi connectivity index (χ0v) is 18.4. The molecule has 1 saturated carbocycles. The average molecular weight is 425 g/mol. The lowest BCUT2D eigenvalue weighted by atomic mass is 9.81. The Morgan fingerprint density at radius 2 is 1.90 bits per heavy atom. The lowest BCUT2D eigenvalue weighted by Gasteiger charge is -2.28. The van der Waals surface area contributed by atoms with Crippen molar-refractivity contribution in [3.63, 3.8) is 0 Å². The fourth-order valence-corrected chi connectivity index (χ4v) is 4.86. The van der Waals surface area contributed by atoms with Gasteiger partial charge in [0, 0.05) is 37.8 Å². The summed E-state index contributed by atoms with van der Waals surface area (Å²) in [6.07, 6.45) is 4.76. The van der Waals surface area contributed by atoms with Crippen LogP contribution in [-0.4, -0.2) is 43.2 Å². The fourth-order valence-electron chi connectivity index (χ4n) is 4.86. The van der Waals surface area contributed by atoms with E-state index in [4.69, 9.17) is 4.52 Å². The van der Waals surface area contributed by atoms with Crippen molar-refractivity contribution in [1.29, 1.82) is 0 Å². The van der Waals surface area contributed by atoms with Crippen LogP contribution in [0.2, 0.25) is 0 Å². The molecule has 2 heterocycles. The van der Waals surface area contributed by atoms with Crippen LogP contribution in [0.5, 0.6) is 0 Å². The van der Waals surface area contributed by atoms with Gasteiger partial charge in [0.25, 0.3) is 5.91 Å². The molecule has 31 heavy (non-hydrogen) atoms. The van der Waals surface area contributed by atoms with Crippen molar-refractivity contribution >= 4 is 17.5 Å². The zero-order chi connectivity index (χ0) is 21.8. The van der Waals surface area contributed by atoms with Crippen LogP contribution in [0.4, 0.5) is 5.69 Å². The number of para-hydroxylation sites is 1. The molecule has 1 aromatic carbocycles.